The number of aromatic nitrogens is 4. The molecule has 4 heterocycles. The van der Waals surface area contributed by atoms with Gasteiger partial charge in [0, 0.05) is 44.3 Å². The highest BCUT2D eigenvalue weighted by atomic mass is 19.4. The first-order valence-corrected chi connectivity index (χ1v) is 14.8. The number of hydrogen-bond acceptors (Lipinski definition) is 9. The standard InChI is InChI=1S/C30H32F5N9O2/c1-4-23(45)43-13-12-41(15-18(43)10-11-36)27-21-14-37-44(22-9-7-8-20(26(31)32)24(22)30(33,34)35)28(46)25(21)38-29(39-27)42-16-19(17-42)40(5-2)6-3/h4,7-9,14,18-19,26H,1,5-6,10,12-13,15-17H2,2-3H3. The van der Waals surface area contributed by atoms with Crippen LogP contribution in [0.1, 0.15) is 37.8 Å². The first-order chi connectivity index (χ1) is 21.9. The number of hydrogen-bond donors (Lipinski definition) is 0. The zero-order valence-corrected chi connectivity index (χ0v) is 25.2. The Kier molecular flexibility index (Phi) is 9.24. The van der Waals surface area contributed by atoms with Gasteiger partial charge in [-0.2, -0.15) is 33.2 Å². The van der Waals surface area contributed by atoms with Crippen molar-refractivity contribution >= 4 is 28.6 Å². The van der Waals surface area contributed by atoms with Gasteiger partial charge in [0.25, 0.3) is 12.0 Å². The highest BCUT2D eigenvalue weighted by molar-refractivity contribution is 5.90. The maximum Gasteiger partial charge on any atom is 0.418 e. The van der Waals surface area contributed by atoms with Crippen LogP contribution < -0.4 is 15.4 Å². The van der Waals surface area contributed by atoms with Gasteiger partial charge in [0.1, 0.15) is 11.3 Å². The van der Waals surface area contributed by atoms with E-state index in [0.717, 1.165) is 31.4 Å². The molecule has 16 heteroatoms. The van der Waals surface area contributed by atoms with Gasteiger partial charge in [-0.1, -0.05) is 32.6 Å². The lowest BCUT2D eigenvalue weighted by Crippen LogP contribution is -2.60. The fraction of sp³-hybridized carbons (Fsp3) is 0.467. The van der Waals surface area contributed by atoms with E-state index in [4.69, 9.17) is 4.98 Å². The summed E-state index contributed by atoms with van der Waals surface area (Å²) in [7, 11) is 0. The summed E-state index contributed by atoms with van der Waals surface area (Å²) in [5, 5.41) is 13.6. The van der Waals surface area contributed by atoms with E-state index < -0.39 is 41.0 Å². The number of carbonyl (C=O) groups excluding carboxylic acids is 1. The zero-order valence-electron chi connectivity index (χ0n) is 25.2. The Morgan fingerprint density at radius 1 is 1.15 bits per heavy atom. The minimum absolute atomic E-state index is 0.00931. The number of benzene rings is 1. The van der Waals surface area contributed by atoms with Crippen LogP contribution in [0.5, 0.6) is 0 Å². The number of alkyl halides is 5. The topological polar surface area (TPSA) is 114 Å². The van der Waals surface area contributed by atoms with Crippen molar-refractivity contribution in [2.24, 2.45) is 0 Å². The summed E-state index contributed by atoms with van der Waals surface area (Å²) >= 11 is 0. The Morgan fingerprint density at radius 2 is 1.87 bits per heavy atom. The molecule has 2 saturated heterocycles. The van der Waals surface area contributed by atoms with Crippen LogP contribution in [0.3, 0.4) is 0 Å². The van der Waals surface area contributed by atoms with E-state index in [-0.39, 0.29) is 60.7 Å². The number of carbonyl (C=O) groups is 1. The summed E-state index contributed by atoms with van der Waals surface area (Å²) in [6, 6.07) is 4.32. The van der Waals surface area contributed by atoms with E-state index in [0.29, 0.717) is 23.8 Å². The predicted octanol–water partition coefficient (Wildman–Crippen LogP) is 3.78. The second-order valence-electron chi connectivity index (χ2n) is 11.0. The molecule has 2 aromatic heterocycles. The zero-order chi connectivity index (χ0) is 33.3. The van der Waals surface area contributed by atoms with E-state index in [2.05, 4.69) is 27.6 Å². The molecule has 0 spiro atoms. The lowest BCUT2D eigenvalue weighted by atomic mass is 10.0. The molecule has 1 amide bonds. The smallest absolute Gasteiger partial charge is 0.352 e. The molecule has 5 rings (SSSR count). The summed E-state index contributed by atoms with van der Waals surface area (Å²) in [6.45, 7) is 11.0. The van der Waals surface area contributed by atoms with Gasteiger partial charge in [-0.05, 0) is 25.2 Å². The second-order valence-corrected chi connectivity index (χ2v) is 11.0. The first kappa shape index (κ1) is 32.7. The molecule has 0 bridgehead atoms. The van der Waals surface area contributed by atoms with Gasteiger partial charge in [0.15, 0.2) is 0 Å². The number of halogens is 5. The fourth-order valence-electron chi connectivity index (χ4n) is 6.10. The summed E-state index contributed by atoms with van der Waals surface area (Å²) in [4.78, 5) is 43.1. The molecule has 1 aromatic carbocycles. The molecule has 1 atom stereocenters. The molecule has 46 heavy (non-hydrogen) atoms. The third-order valence-electron chi connectivity index (χ3n) is 8.47. The normalized spacial score (nSPS) is 17.5. The van der Waals surface area contributed by atoms with Crippen molar-refractivity contribution in [3.05, 3.63) is 58.5 Å². The van der Waals surface area contributed by atoms with Crippen molar-refractivity contribution in [1.29, 1.82) is 5.26 Å². The SMILES string of the molecule is C=CC(=O)N1CCN(c2nc(N3CC(N(CC)CC)C3)nc3c(=O)n(-c4cccc(C(F)F)c4C(F)(F)F)ncc23)CC1CC#N. The van der Waals surface area contributed by atoms with E-state index in [1.807, 2.05) is 18.7 Å². The van der Waals surface area contributed by atoms with Gasteiger partial charge in [-0.15, -0.1) is 0 Å². The lowest BCUT2D eigenvalue weighted by Gasteiger charge is -2.45. The van der Waals surface area contributed by atoms with Gasteiger partial charge in [-0.25, -0.2) is 13.8 Å². The van der Waals surface area contributed by atoms with Crippen molar-refractivity contribution in [3.63, 3.8) is 0 Å². The molecule has 0 saturated carbocycles. The van der Waals surface area contributed by atoms with Crippen molar-refractivity contribution in [3.8, 4) is 11.8 Å². The molecular weight excluding hydrogens is 613 g/mol. The maximum atomic E-state index is 14.1. The molecule has 2 aliphatic rings. The Morgan fingerprint density at radius 3 is 2.48 bits per heavy atom. The van der Waals surface area contributed by atoms with Crippen LogP contribution in [0.4, 0.5) is 33.7 Å². The number of nitriles is 1. The molecule has 0 radical (unpaired) electrons. The molecular formula is C30H32F5N9O2. The van der Waals surface area contributed by atoms with E-state index >= 15 is 0 Å². The maximum absolute atomic E-state index is 14.1. The van der Waals surface area contributed by atoms with E-state index in [9.17, 15) is 36.8 Å². The largest absolute Gasteiger partial charge is 0.418 e. The quantitative estimate of drug-likeness (QED) is 0.253. The van der Waals surface area contributed by atoms with Crippen molar-refractivity contribution in [1.82, 2.24) is 29.5 Å². The third kappa shape index (κ3) is 5.98. The van der Waals surface area contributed by atoms with Gasteiger partial charge in [0.2, 0.25) is 11.9 Å². The Labute approximate surface area is 261 Å². The van der Waals surface area contributed by atoms with Crippen LogP contribution in [0.25, 0.3) is 16.6 Å². The Hall–Kier alpha value is -4.65. The van der Waals surface area contributed by atoms with E-state index in [1.54, 1.807) is 4.90 Å². The number of amides is 1. The monoisotopic (exact) mass is 645 g/mol. The van der Waals surface area contributed by atoms with Crippen molar-refractivity contribution in [2.75, 3.05) is 55.6 Å². The molecule has 3 aromatic rings. The molecule has 1 unspecified atom stereocenters. The summed E-state index contributed by atoms with van der Waals surface area (Å²) in [5.74, 6) is 0.0841. The van der Waals surface area contributed by atoms with Gasteiger partial charge in [0.05, 0.1) is 41.4 Å². The number of rotatable bonds is 9. The summed E-state index contributed by atoms with van der Waals surface area (Å²) in [6.07, 6.45) is -6.35. The summed E-state index contributed by atoms with van der Waals surface area (Å²) < 4.78 is 70.2. The number of piperazine rings is 1. The van der Waals surface area contributed by atoms with Crippen LogP contribution in [0.15, 0.2) is 41.8 Å². The predicted molar refractivity (Wildman–Crippen MR) is 160 cm³/mol. The van der Waals surface area contributed by atoms with Crippen molar-refractivity contribution in [2.45, 2.75) is 45.0 Å². The Balaban J connectivity index is 1.66. The Bertz CT molecular complexity index is 1730. The average molecular weight is 646 g/mol. The van der Waals surface area contributed by atoms with E-state index in [1.165, 1.54) is 11.0 Å². The molecule has 0 aliphatic carbocycles. The van der Waals surface area contributed by atoms with Crippen LogP contribution in [-0.2, 0) is 11.0 Å². The molecule has 11 nitrogen and oxygen atoms in total. The first-order valence-electron chi connectivity index (χ1n) is 14.8. The number of likely N-dealkylation sites (N-methyl/N-ethyl adjacent to an activating group) is 1. The van der Waals surface area contributed by atoms with Gasteiger partial charge >= 0.3 is 6.18 Å². The molecule has 0 N–H and O–H groups in total. The average Bonchev–Trinajstić information content (AvgIpc) is 3.01. The lowest BCUT2D eigenvalue weighted by molar-refractivity contribution is -0.139. The van der Waals surface area contributed by atoms with Crippen LogP contribution >= 0.6 is 0 Å². The molecule has 2 aliphatic heterocycles. The summed E-state index contributed by atoms with van der Waals surface area (Å²) in [5.41, 5.74) is -5.09. The highest BCUT2D eigenvalue weighted by Crippen LogP contribution is 2.40. The molecule has 244 valence electrons. The van der Waals surface area contributed by atoms with Crippen LogP contribution in [0, 0.1) is 11.3 Å². The minimum Gasteiger partial charge on any atom is -0.352 e. The molecule has 2 fully saturated rings. The van der Waals surface area contributed by atoms with Crippen LogP contribution in [-0.4, -0.2) is 93.4 Å². The second kappa shape index (κ2) is 13.0. The number of fused-ring (bicyclic) bond motifs is 1. The van der Waals surface area contributed by atoms with Gasteiger partial charge in [-0.3, -0.25) is 14.5 Å². The van der Waals surface area contributed by atoms with Crippen molar-refractivity contribution < 1.29 is 26.7 Å². The highest BCUT2D eigenvalue weighted by Gasteiger charge is 2.40. The number of anilines is 2. The number of nitrogens with zero attached hydrogens (tertiary/aromatic N) is 9. The van der Waals surface area contributed by atoms with Gasteiger partial charge < -0.3 is 14.7 Å². The third-order valence-corrected chi connectivity index (χ3v) is 8.47. The minimum atomic E-state index is -5.21. The fourth-order valence-corrected chi connectivity index (χ4v) is 6.10. The van der Waals surface area contributed by atoms with Crippen LogP contribution in [0.2, 0.25) is 0 Å².